The fraction of sp³-hybridized carbons (Fsp3) is 0.353. The van der Waals surface area contributed by atoms with Crippen LogP contribution in [0.3, 0.4) is 0 Å². The van der Waals surface area contributed by atoms with Crippen LogP contribution >= 0.6 is 0 Å². The van der Waals surface area contributed by atoms with Crippen molar-refractivity contribution in [2.24, 2.45) is 0 Å². The average molecular weight is 631 g/mol. The number of nitro benzene ring substituents is 1. The van der Waals surface area contributed by atoms with Gasteiger partial charge in [-0.2, -0.15) is 0 Å². The third kappa shape index (κ3) is 5.82. The molecule has 0 saturated carbocycles. The van der Waals surface area contributed by atoms with Gasteiger partial charge in [-0.25, -0.2) is 5.06 Å². The van der Waals surface area contributed by atoms with Crippen molar-refractivity contribution in [3.05, 3.63) is 105 Å². The summed E-state index contributed by atoms with van der Waals surface area (Å²) < 4.78 is 12.3. The molecule has 1 spiro atoms. The van der Waals surface area contributed by atoms with Crippen LogP contribution in [-0.2, 0) is 32.8 Å². The van der Waals surface area contributed by atoms with Gasteiger partial charge in [0.2, 0.25) is 5.72 Å². The quantitative estimate of drug-likeness (QED) is 0.183. The fourth-order valence-electron chi connectivity index (χ4n) is 6.17. The van der Waals surface area contributed by atoms with Crippen LogP contribution in [0.25, 0.3) is 6.08 Å². The minimum Gasteiger partial charge on any atom is -0.462 e. The second-order valence-corrected chi connectivity index (χ2v) is 11.8. The van der Waals surface area contributed by atoms with E-state index in [0.29, 0.717) is 22.4 Å². The lowest BCUT2D eigenvalue weighted by atomic mass is 9.76. The van der Waals surface area contributed by atoms with E-state index in [0.717, 1.165) is 21.9 Å². The van der Waals surface area contributed by atoms with Gasteiger partial charge in [-0.3, -0.25) is 24.5 Å². The van der Waals surface area contributed by atoms with Gasteiger partial charge >= 0.3 is 0 Å². The number of hydroxylamine groups is 2. The molecule has 5 rings (SSSR count). The molecular formula is C34H38N4O8. The second kappa shape index (κ2) is 12.9. The summed E-state index contributed by atoms with van der Waals surface area (Å²) >= 11 is 0. The number of ether oxygens (including phenoxy) is 2. The summed E-state index contributed by atoms with van der Waals surface area (Å²) in [5.41, 5.74) is 2.10. The normalized spacial score (nSPS) is 18.0. The molecule has 12 heteroatoms. The molecule has 242 valence electrons. The minimum absolute atomic E-state index is 0.0109. The summed E-state index contributed by atoms with van der Waals surface area (Å²) in [6.07, 6.45) is 3.97. The summed E-state index contributed by atoms with van der Waals surface area (Å²) in [4.78, 5) is 45.1. The maximum atomic E-state index is 13.7. The smallest absolute Gasteiger partial charge is 0.270 e. The maximum Gasteiger partial charge on any atom is 0.270 e. The lowest BCUT2D eigenvalue weighted by molar-refractivity contribution is -0.385. The summed E-state index contributed by atoms with van der Waals surface area (Å²) in [6.45, 7) is 3.91. The number of amides is 2. The number of carbonyl (C=O) groups is 2. The molecule has 0 radical (unpaired) electrons. The van der Waals surface area contributed by atoms with E-state index in [1.165, 1.54) is 26.3 Å². The number of aliphatic hydroxyl groups excluding tert-OH is 1. The first-order chi connectivity index (χ1) is 21.9. The van der Waals surface area contributed by atoms with Crippen LogP contribution in [0.15, 0.2) is 66.7 Å². The van der Waals surface area contributed by atoms with E-state index in [1.54, 1.807) is 6.07 Å². The lowest BCUT2D eigenvalue weighted by Crippen LogP contribution is -2.58. The van der Waals surface area contributed by atoms with Gasteiger partial charge < -0.3 is 24.8 Å². The van der Waals surface area contributed by atoms with Crippen LogP contribution in [0.2, 0.25) is 0 Å². The molecule has 2 aliphatic heterocycles. The number of fused-ring (bicyclic) bond motifs is 2. The molecule has 3 aromatic carbocycles. The van der Waals surface area contributed by atoms with Gasteiger partial charge in [0.15, 0.2) is 0 Å². The fourth-order valence-corrected chi connectivity index (χ4v) is 6.17. The number of carbonyl (C=O) groups excluding carboxylic acids is 2. The lowest BCUT2D eigenvalue weighted by Gasteiger charge is -2.46. The number of nitrogens with one attached hydrogen (secondary N) is 1. The van der Waals surface area contributed by atoms with Crippen molar-refractivity contribution < 1.29 is 33.9 Å². The third-order valence-corrected chi connectivity index (χ3v) is 8.79. The van der Waals surface area contributed by atoms with Gasteiger partial charge in [0.05, 0.1) is 37.3 Å². The first kappa shape index (κ1) is 32.6. The highest BCUT2D eigenvalue weighted by molar-refractivity contribution is 5.98. The van der Waals surface area contributed by atoms with Crippen molar-refractivity contribution in [2.45, 2.75) is 44.1 Å². The van der Waals surface area contributed by atoms with Crippen molar-refractivity contribution in [1.29, 1.82) is 0 Å². The molecule has 0 bridgehead atoms. The van der Waals surface area contributed by atoms with E-state index in [1.807, 2.05) is 80.4 Å². The number of hydrogen-bond donors (Lipinski definition) is 2. The average Bonchev–Trinajstić information content (AvgIpc) is 3.21. The third-order valence-electron chi connectivity index (χ3n) is 8.79. The molecule has 0 aromatic heterocycles. The first-order valence-electron chi connectivity index (χ1n) is 14.9. The van der Waals surface area contributed by atoms with Crippen LogP contribution < -0.4 is 15.0 Å². The van der Waals surface area contributed by atoms with Gasteiger partial charge in [-0.15, -0.1) is 0 Å². The second-order valence-electron chi connectivity index (χ2n) is 11.8. The predicted octanol–water partition coefficient (Wildman–Crippen LogP) is 3.99. The number of nitrogens with zero attached hydrogens (tertiary/aromatic N) is 3. The van der Waals surface area contributed by atoms with Gasteiger partial charge in [0.25, 0.3) is 17.5 Å². The van der Waals surface area contributed by atoms with Crippen LogP contribution in [0.1, 0.15) is 46.5 Å². The van der Waals surface area contributed by atoms with Crippen LogP contribution in [0, 0.1) is 10.1 Å². The Morgan fingerprint density at radius 2 is 1.89 bits per heavy atom. The zero-order valence-electron chi connectivity index (χ0n) is 26.5. The van der Waals surface area contributed by atoms with Crippen LogP contribution in [0.5, 0.6) is 5.75 Å². The zero-order chi connectivity index (χ0) is 33.2. The van der Waals surface area contributed by atoms with E-state index in [2.05, 4.69) is 5.32 Å². The molecule has 0 saturated heterocycles. The molecule has 2 heterocycles. The molecule has 12 nitrogen and oxygen atoms in total. The van der Waals surface area contributed by atoms with Crippen molar-refractivity contribution in [1.82, 2.24) is 10.4 Å². The molecule has 3 aromatic rings. The van der Waals surface area contributed by atoms with E-state index in [-0.39, 0.29) is 31.9 Å². The molecule has 2 N–H and O–H groups in total. The van der Waals surface area contributed by atoms with E-state index < -0.39 is 33.9 Å². The molecule has 2 amide bonds. The predicted molar refractivity (Wildman–Crippen MR) is 171 cm³/mol. The topological polar surface area (TPSA) is 144 Å². The van der Waals surface area contributed by atoms with Gasteiger partial charge in [0, 0.05) is 55.0 Å². The molecule has 0 fully saturated rings. The summed E-state index contributed by atoms with van der Waals surface area (Å²) in [5.74, 6) is -0.360. The number of nitro groups is 1. The first-order valence-corrected chi connectivity index (χ1v) is 14.9. The summed E-state index contributed by atoms with van der Waals surface area (Å²) in [6, 6.07) is 16.8. The Morgan fingerprint density at radius 1 is 1.15 bits per heavy atom. The van der Waals surface area contributed by atoms with Gasteiger partial charge in [-0.1, -0.05) is 30.3 Å². The molecule has 2 aliphatic rings. The van der Waals surface area contributed by atoms with Gasteiger partial charge in [0.1, 0.15) is 11.8 Å². The number of likely N-dealkylation sites (N-methyl/N-ethyl adjacent to an activating group) is 2. The minimum atomic E-state index is -1.05. The van der Waals surface area contributed by atoms with E-state index in [9.17, 15) is 24.8 Å². The zero-order valence-corrected chi connectivity index (χ0v) is 26.5. The Morgan fingerprint density at radius 3 is 2.57 bits per heavy atom. The molecule has 1 unspecified atom stereocenters. The molecule has 0 aliphatic carbocycles. The largest absolute Gasteiger partial charge is 0.462 e. The summed E-state index contributed by atoms with van der Waals surface area (Å²) in [5, 5.41) is 24.8. The van der Waals surface area contributed by atoms with Crippen LogP contribution in [-0.4, -0.2) is 73.1 Å². The standard InChI is InChI=1S/C34H38N4O8/c1-33(2)27-20-24(31(40)35-28(32(41)37(4)44-5)17-22-9-7-6-8-10-22)11-12-29(27)36(3)34(33)14-13-23-18-26(38(42)43)19-25(30(23)46-34)21-45-16-15-39/h6-14,18-20,28,39H,15-17,21H2,1-5H3,(H,35,40)/t28-,34?/m0/s1. The Balaban J connectivity index is 1.46. The van der Waals surface area contributed by atoms with Crippen molar-refractivity contribution in [3.8, 4) is 5.75 Å². The highest BCUT2D eigenvalue weighted by Gasteiger charge is 2.58. The van der Waals surface area contributed by atoms with Crippen molar-refractivity contribution in [3.63, 3.8) is 0 Å². The Bertz CT molecular complexity index is 1680. The number of non-ortho nitro benzene ring substituents is 1. The SMILES string of the molecule is CON(C)C(=O)[C@H](Cc1ccccc1)NC(=O)c1ccc2c(c1)C(C)(C)C1(C=Cc3cc([N+](=O)[O-])cc(COCCO)c3O1)N2C. The summed E-state index contributed by atoms with van der Waals surface area (Å²) in [7, 11) is 4.78. The van der Waals surface area contributed by atoms with Crippen LogP contribution in [0.4, 0.5) is 11.4 Å². The number of aliphatic hydroxyl groups is 1. The van der Waals surface area contributed by atoms with Crippen molar-refractivity contribution >= 4 is 29.3 Å². The van der Waals surface area contributed by atoms with Gasteiger partial charge in [-0.05, 0) is 55.3 Å². The number of rotatable bonds is 11. The maximum absolute atomic E-state index is 13.7. The number of benzene rings is 3. The number of hydrogen-bond acceptors (Lipinski definition) is 9. The van der Waals surface area contributed by atoms with Crippen molar-refractivity contribution in [2.75, 3.05) is 39.3 Å². The highest BCUT2D eigenvalue weighted by atomic mass is 16.7. The Kier molecular flexibility index (Phi) is 9.15. The number of anilines is 1. The van der Waals surface area contributed by atoms with E-state index in [4.69, 9.17) is 14.3 Å². The Labute approximate surface area is 267 Å². The molecule has 2 atom stereocenters. The Hall–Kier alpha value is -4.78. The molecular weight excluding hydrogens is 592 g/mol. The molecule has 46 heavy (non-hydrogen) atoms. The van der Waals surface area contributed by atoms with E-state index >= 15 is 0 Å². The monoisotopic (exact) mass is 630 g/mol. The highest BCUT2D eigenvalue weighted by Crippen LogP contribution is 2.55.